The van der Waals surface area contributed by atoms with Gasteiger partial charge in [0.1, 0.15) is 5.92 Å². The Morgan fingerprint density at radius 2 is 1.88 bits per heavy atom. The molecule has 0 aromatic heterocycles. The average Bonchev–Trinajstić information content (AvgIpc) is 2.60. The number of imide groups is 1. The van der Waals surface area contributed by atoms with Crippen LogP contribution in [0.3, 0.4) is 0 Å². The summed E-state index contributed by atoms with van der Waals surface area (Å²) in [6, 6.07) is 11.8. The van der Waals surface area contributed by atoms with E-state index in [1.807, 2.05) is 0 Å². The first kappa shape index (κ1) is 16.3. The summed E-state index contributed by atoms with van der Waals surface area (Å²) in [6.07, 6.45) is 0. The molecule has 0 bridgehead atoms. The SMILES string of the molecule is CN1C(=O)c2ccccc2C(C(=O)Nc2cccc([N+](=O)[O-])c2)C1=O. The molecule has 0 spiro atoms. The predicted molar refractivity (Wildman–Crippen MR) is 88.0 cm³/mol. The predicted octanol–water partition coefficient (Wildman–Crippen LogP) is 1.93. The van der Waals surface area contributed by atoms with Crippen molar-refractivity contribution in [2.45, 2.75) is 5.92 Å². The Bertz CT molecular complexity index is 909. The standard InChI is InChI=1S/C17H13N3O5/c1-19-16(22)13-8-3-2-7-12(13)14(17(19)23)15(21)18-10-5-4-6-11(9-10)20(24)25/h2-9,14H,1H3,(H,18,21). The Morgan fingerprint density at radius 1 is 1.16 bits per heavy atom. The molecule has 8 heteroatoms. The van der Waals surface area contributed by atoms with Crippen molar-refractivity contribution in [3.8, 4) is 0 Å². The molecule has 1 heterocycles. The summed E-state index contributed by atoms with van der Waals surface area (Å²) < 4.78 is 0. The van der Waals surface area contributed by atoms with Gasteiger partial charge < -0.3 is 5.32 Å². The van der Waals surface area contributed by atoms with Crippen LogP contribution < -0.4 is 5.32 Å². The molecule has 1 N–H and O–H groups in total. The molecule has 1 aliphatic heterocycles. The first-order valence-corrected chi connectivity index (χ1v) is 7.36. The lowest BCUT2D eigenvalue weighted by Gasteiger charge is -2.29. The number of hydrogen-bond acceptors (Lipinski definition) is 5. The first-order valence-electron chi connectivity index (χ1n) is 7.36. The van der Waals surface area contributed by atoms with Crippen LogP contribution in [0.1, 0.15) is 21.8 Å². The van der Waals surface area contributed by atoms with Crippen LogP contribution in [0.4, 0.5) is 11.4 Å². The Morgan fingerprint density at radius 3 is 2.60 bits per heavy atom. The second-order valence-electron chi connectivity index (χ2n) is 5.52. The third-order valence-electron chi connectivity index (χ3n) is 3.97. The molecule has 0 saturated carbocycles. The number of nitro groups is 1. The molecule has 8 nitrogen and oxygen atoms in total. The molecule has 0 fully saturated rings. The van der Waals surface area contributed by atoms with Crippen molar-refractivity contribution in [1.82, 2.24) is 4.90 Å². The van der Waals surface area contributed by atoms with Crippen LogP contribution >= 0.6 is 0 Å². The lowest BCUT2D eigenvalue weighted by molar-refractivity contribution is -0.384. The monoisotopic (exact) mass is 339 g/mol. The Labute approximate surface area is 142 Å². The molecular weight excluding hydrogens is 326 g/mol. The van der Waals surface area contributed by atoms with E-state index in [2.05, 4.69) is 5.32 Å². The number of fused-ring (bicyclic) bond motifs is 1. The number of nitro benzene ring substituents is 1. The van der Waals surface area contributed by atoms with E-state index in [1.54, 1.807) is 24.3 Å². The van der Waals surface area contributed by atoms with Crippen LogP contribution in [0.5, 0.6) is 0 Å². The van der Waals surface area contributed by atoms with Gasteiger partial charge in [-0.2, -0.15) is 0 Å². The van der Waals surface area contributed by atoms with E-state index >= 15 is 0 Å². The zero-order chi connectivity index (χ0) is 18.1. The molecule has 1 unspecified atom stereocenters. The highest BCUT2D eigenvalue weighted by atomic mass is 16.6. The maximum atomic E-state index is 12.6. The molecule has 25 heavy (non-hydrogen) atoms. The fourth-order valence-electron chi connectivity index (χ4n) is 2.72. The van der Waals surface area contributed by atoms with E-state index in [0.29, 0.717) is 5.56 Å². The van der Waals surface area contributed by atoms with Crippen LogP contribution in [0.15, 0.2) is 48.5 Å². The molecule has 3 rings (SSSR count). The smallest absolute Gasteiger partial charge is 0.271 e. The number of non-ortho nitro benzene ring substituents is 1. The van der Waals surface area contributed by atoms with Gasteiger partial charge in [-0.15, -0.1) is 0 Å². The Hall–Kier alpha value is -3.55. The van der Waals surface area contributed by atoms with Crippen LogP contribution in [-0.2, 0) is 9.59 Å². The van der Waals surface area contributed by atoms with Gasteiger partial charge in [0.15, 0.2) is 0 Å². The molecule has 0 radical (unpaired) electrons. The number of hydrogen-bond donors (Lipinski definition) is 1. The van der Waals surface area contributed by atoms with Crippen molar-refractivity contribution < 1.29 is 19.3 Å². The largest absolute Gasteiger partial charge is 0.325 e. The van der Waals surface area contributed by atoms with E-state index in [0.717, 1.165) is 4.90 Å². The van der Waals surface area contributed by atoms with E-state index < -0.39 is 28.6 Å². The van der Waals surface area contributed by atoms with Gasteiger partial charge in [0.05, 0.1) is 4.92 Å². The zero-order valence-electron chi connectivity index (χ0n) is 13.1. The normalized spacial score (nSPS) is 16.4. The van der Waals surface area contributed by atoms with Gasteiger partial charge in [0.2, 0.25) is 11.8 Å². The van der Waals surface area contributed by atoms with Crippen molar-refractivity contribution >= 4 is 29.1 Å². The number of benzene rings is 2. The van der Waals surface area contributed by atoms with Crippen molar-refractivity contribution in [2.75, 3.05) is 12.4 Å². The number of likely N-dealkylation sites (N-methyl/N-ethyl adjacent to an activating group) is 1. The minimum absolute atomic E-state index is 0.180. The van der Waals surface area contributed by atoms with Crippen molar-refractivity contribution in [3.05, 3.63) is 69.8 Å². The third kappa shape index (κ3) is 2.85. The number of nitrogens with one attached hydrogen (secondary N) is 1. The van der Waals surface area contributed by atoms with Gasteiger partial charge in [-0.05, 0) is 17.7 Å². The fraction of sp³-hybridized carbons (Fsp3) is 0.118. The first-order chi connectivity index (χ1) is 11.9. The van der Waals surface area contributed by atoms with Crippen LogP contribution in [-0.4, -0.2) is 34.6 Å². The molecule has 2 aromatic carbocycles. The number of nitrogens with zero attached hydrogens (tertiary/aromatic N) is 2. The summed E-state index contributed by atoms with van der Waals surface area (Å²) >= 11 is 0. The minimum atomic E-state index is -1.20. The quantitative estimate of drug-likeness (QED) is 0.398. The van der Waals surface area contributed by atoms with E-state index in [9.17, 15) is 24.5 Å². The lowest BCUT2D eigenvalue weighted by Crippen LogP contribution is -2.46. The number of carbonyl (C=O) groups excluding carboxylic acids is 3. The lowest BCUT2D eigenvalue weighted by atomic mass is 9.88. The molecule has 2 aromatic rings. The summed E-state index contributed by atoms with van der Waals surface area (Å²) in [4.78, 5) is 48.4. The van der Waals surface area contributed by atoms with Gasteiger partial charge in [0, 0.05) is 30.4 Å². The number of rotatable bonds is 3. The van der Waals surface area contributed by atoms with Crippen LogP contribution in [0.2, 0.25) is 0 Å². The third-order valence-corrected chi connectivity index (χ3v) is 3.97. The Kier molecular flexibility index (Phi) is 4.02. The van der Waals surface area contributed by atoms with Gasteiger partial charge in [0.25, 0.3) is 11.6 Å². The summed E-state index contributed by atoms with van der Waals surface area (Å²) in [5.41, 5.74) is 0.617. The van der Waals surface area contributed by atoms with Crippen LogP contribution in [0.25, 0.3) is 0 Å². The molecule has 1 aliphatic rings. The van der Waals surface area contributed by atoms with Gasteiger partial charge in [-0.1, -0.05) is 24.3 Å². The van der Waals surface area contributed by atoms with Gasteiger partial charge in [-0.25, -0.2) is 0 Å². The zero-order valence-corrected chi connectivity index (χ0v) is 13.1. The second-order valence-corrected chi connectivity index (χ2v) is 5.52. The summed E-state index contributed by atoms with van der Waals surface area (Å²) in [7, 11) is 1.31. The number of amides is 3. The van der Waals surface area contributed by atoms with Gasteiger partial charge in [-0.3, -0.25) is 29.4 Å². The fourth-order valence-corrected chi connectivity index (χ4v) is 2.72. The van der Waals surface area contributed by atoms with E-state index in [4.69, 9.17) is 0 Å². The molecular formula is C17H13N3O5. The topological polar surface area (TPSA) is 110 Å². The second kappa shape index (κ2) is 6.16. The van der Waals surface area contributed by atoms with Crippen molar-refractivity contribution in [2.24, 2.45) is 0 Å². The van der Waals surface area contributed by atoms with Crippen molar-refractivity contribution in [3.63, 3.8) is 0 Å². The minimum Gasteiger partial charge on any atom is -0.325 e. The highest BCUT2D eigenvalue weighted by molar-refractivity contribution is 6.20. The Balaban J connectivity index is 1.95. The van der Waals surface area contributed by atoms with E-state index in [1.165, 1.54) is 31.3 Å². The molecule has 0 aliphatic carbocycles. The molecule has 126 valence electrons. The highest BCUT2D eigenvalue weighted by Crippen LogP contribution is 2.30. The summed E-state index contributed by atoms with van der Waals surface area (Å²) in [6.45, 7) is 0. The summed E-state index contributed by atoms with van der Waals surface area (Å²) in [5, 5.41) is 13.3. The average molecular weight is 339 g/mol. The van der Waals surface area contributed by atoms with Crippen molar-refractivity contribution in [1.29, 1.82) is 0 Å². The highest BCUT2D eigenvalue weighted by Gasteiger charge is 2.40. The maximum Gasteiger partial charge on any atom is 0.271 e. The number of anilines is 1. The molecule has 1 atom stereocenters. The van der Waals surface area contributed by atoms with Gasteiger partial charge >= 0.3 is 0 Å². The summed E-state index contributed by atoms with van der Waals surface area (Å²) in [5.74, 6) is -2.97. The maximum absolute atomic E-state index is 12.6. The number of carbonyl (C=O) groups is 3. The molecule has 0 saturated heterocycles. The van der Waals surface area contributed by atoms with Crippen LogP contribution in [0, 0.1) is 10.1 Å². The van der Waals surface area contributed by atoms with E-state index in [-0.39, 0.29) is 16.9 Å². The molecule has 3 amide bonds.